The molecule has 0 heterocycles. The van der Waals surface area contributed by atoms with Gasteiger partial charge in [0.15, 0.2) is 6.10 Å². The third-order valence-electron chi connectivity index (χ3n) is 12.3. The van der Waals surface area contributed by atoms with Crippen molar-refractivity contribution in [1.82, 2.24) is 0 Å². The third kappa shape index (κ3) is 55.3. The maximum absolute atomic E-state index is 12.9. The Hall–Kier alpha value is -3.67. The van der Waals surface area contributed by atoms with E-state index in [-0.39, 0.29) is 31.6 Å². The van der Waals surface area contributed by atoms with E-state index in [1.807, 2.05) is 6.08 Å². The summed E-state index contributed by atoms with van der Waals surface area (Å²) in [5.41, 5.74) is 0. The van der Waals surface area contributed by atoms with E-state index >= 15 is 0 Å². The van der Waals surface area contributed by atoms with Crippen LogP contribution in [-0.2, 0) is 28.6 Å². The highest BCUT2D eigenvalue weighted by Crippen LogP contribution is 2.15. The van der Waals surface area contributed by atoms with Crippen LogP contribution in [0.3, 0.4) is 0 Å². The Morgan fingerprint density at radius 2 is 0.614 bits per heavy atom. The van der Waals surface area contributed by atoms with Crippen LogP contribution in [0, 0.1) is 0 Å². The lowest BCUT2D eigenvalue weighted by Crippen LogP contribution is -2.30. The molecule has 1 atom stereocenters. The summed E-state index contributed by atoms with van der Waals surface area (Å²) >= 11 is 0. The Balaban J connectivity index is 4.48. The molecule has 1 unspecified atom stereocenters. The molecule has 0 N–H and O–H groups in total. The van der Waals surface area contributed by atoms with E-state index in [1.165, 1.54) is 154 Å². The molecule has 70 heavy (non-hydrogen) atoms. The van der Waals surface area contributed by atoms with Gasteiger partial charge >= 0.3 is 17.9 Å². The second-order valence-corrected chi connectivity index (χ2v) is 19.2. The normalized spacial score (nSPS) is 12.8. The van der Waals surface area contributed by atoms with E-state index < -0.39 is 12.1 Å². The second-order valence-electron chi connectivity index (χ2n) is 19.2. The molecule has 0 aliphatic rings. The second kappa shape index (κ2) is 57.9. The van der Waals surface area contributed by atoms with Gasteiger partial charge in [-0.1, -0.05) is 246 Å². The molecule has 0 amide bonds. The molecule has 6 nitrogen and oxygen atoms in total. The highest BCUT2D eigenvalue weighted by atomic mass is 16.6. The van der Waals surface area contributed by atoms with Crippen molar-refractivity contribution >= 4 is 17.9 Å². The molecule has 0 fully saturated rings. The number of carbonyl (C=O) groups is 3. The van der Waals surface area contributed by atoms with Crippen LogP contribution in [0.4, 0.5) is 0 Å². The van der Waals surface area contributed by atoms with Crippen molar-refractivity contribution in [1.29, 1.82) is 0 Å². The number of ether oxygens (including phenoxy) is 3. The fourth-order valence-electron chi connectivity index (χ4n) is 7.95. The minimum Gasteiger partial charge on any atom is -0.462 e. The largest absolute Gasteiger partial charge is 0.462 e. The molecule has 400 valence electrons. The Kier molecular flexibility index (Phi) is 54.9. The monoisotopic (exact) mass is 973 g/mol. The summed E-state index contributed by atoms with van der Waals surface area (Å²) in [7, 11) is 0. The lowest BCUT2D eigenvalue weighted by molar-refractivity contribution is -0.166. The minimum absolute atomic E-state index is 0.111. The van der Waals surface area contributed by atoms with Crippen molar-refractivity contribution in [2.45, 2.75) is 277 Å². The summed E-state index contributed by atoms with van der Waals surface area (Å²) in [6.07, 6.45) is 77.1. The Bertz CT molecular complexity index is 1400. The lowest BCUT2D eigenvalue weighted by atomic mass is 10.1. The first-order valence-electron chi connectivity index (χ1n) is 29.2. The zero-order chi connectivity index (χ0) is 50.7. The maximum Gasteiger partial charge on any atom is 0.309 e. The molecule has 0 saturated carbocycles. The van der Waals surface area contributed by atoms with Gasteiger partial charge in [-0.3, -0.25) is 14.4 Å². The molecule has 0 saturated heterocycles. The topological polar surface area (TPSA) is 78.9 Å². The first-order valence-corrected chi connectivity index (χ1v) is 29.2. The van der Waals surface area contributed by atoms with Gasteiger partial charge in [0.1, 0.15) is 13.2 Å². The summed E-state index contributed by atoms with van der Waals surface area (Å²) in [6.45, 7) is 6.42. The zero-order valence-electron chi connectivity index (χ0n) is 45.8. The van der Waals surface area contributed by atoms with Gasteiger partial charge in [-0.05, 0) is 103 Å². The van der Waals surface area contributed by atoms with Crippen molar-refractivity contribution in [3.63, 3.8) is 0 Å². The molecule has 0 radical (unpaired) electrons. The number of esters is 3. The van der Waals surface area contributed by atoms with Crippen molar-refractivity contribution in [3.05, 3.63) is 97.2 Å². The predicted molar refractivity (Wildman–Crippen MR) is 302 cm³/mol. The highest BCUT2D eigenvalue weighted by molar-refractivity contribution is 5.72. The predicted octanol–water partition coefficient (Wildman–Crippen LogP) is 19.7. The standard InChI is InChI=1S/C64H108O6/c1-4-7-10-13-16-19-22-25-28-30-32-34-36-39-42-45-48-51-54-57-63(66)69-60-61(59-68-62(65)56-53-50-47-44-41-38-35-27-24-21-18-15-12-9-6-3)70-64(67)58-55-52-49-46-43-40-37-33-31-29-26-23-20-17-14-11-8-5-2/h9,12,16,18-19,21,25,27-29,31,35,41,44,50,53,61H,4-8,10-11,13-15,17,20,22-24,26,30,32-34,36-40,42-43,45-49,51-52,54-60H2,1-3H3/b12-9-,19-16-,21-18-,28-25-,31-29-,35-27-,44-41-,53-50-. The number of hydrogen-bond donors (Lipinski definition) is 0. The van der Waals surface area contributed by atoms with Gasteiger partial charge in [-0.15, -0.1) is 0 Å². The number of carbonyl (C=O) groups excluding carboxylic acids is 3. The van der Waals surface area contributed by atoms with Crippen molar-refractivity contribution < 1.29 is 28.6 Å². The van der Waals surface area contributed by atoms with Crippen LogP contribution >= 0.6 is 0 Å². The van der Waals surface area contributed by atoms with Crippen LogP contribution in [0.25, 0.3) is 0 Å². The highest BCUT2D eigenvalue weighted by Gasteiger charge is 2.19. The number of hydrogen-bond acceptors (Lipinski definition) is 6. The van der Waals surface area contributed by atoms with Crippen LogP contribution in [0.2, 0.25) is 0 Å². The molecule has 0 aromatic rings. The van der Waals surface area contributed by atoms with Crippen molar-refractivity contribution in [2.75, 3.05) is 13.2 Å². The van der Waals surface area contributed by atoms with E-state index in [0.717, 1.165) is 77.0 Å². The molecule has 6 heteroatoms. The van der Waals surface area contributed by atoms with Gasteiger partial charge in [0.2, 0.25) is 0 Å². The van der Waals surface area contributed by atoms with Crippen LogP contribution in [0.15, 0.2) is 97.2 Å². The van der Waals surface area contributed by atoms with Gasteiger partial charge in [0, 0.05) is 12.8 Å². The first kappa shape index (κ1) is 66.3. The molecule has 0 aromatic carbocycles. The molecule has 0 aliphatic heterocycles. The van der Waals surface area contributed by atoms with Gasteiger partial charge < -0.3 is 14.2 Å². The summed E-state index contributed by atoms with van der Waals surface area (Å²) in [5.74, 6) is -1.05. The van der Waals surface area contributed by atoms with E-state index in [9.17, 15) is 14.4 Å². The van der Waals surface area contributed by atoms with E-state index in [2.05, 4.69) is 106 Å². The fourth-order valence-corrected chi connectivity index (χ4v) is 7.95. The van der Waals surface area contributed by atoms with Gasteiger partial charge in [-0.25, -0.2) is 0 Å². The average molecular weight is 974 g/mol. The minimum atomic E-state index is -0.823. The molecular formula is C64H108O6. The number of rotatable bonds is 52. The van der Waals surface area contributed by atoms with Crippen molar-refractivity contribution in [3.8, 4) is 0 Å². The van der Waals surface area contributed by atoms with Crippen molar-refractivity contribution in [2.24, 2.45) is 0 Å². The van der Waals surface area contributed by atoms with E-state index in [0.29, 0.717) is 12.8 Å². The SMILES string of the molecule is CC/C=C\C/C=C\C/C=C\C/C=C\C/C=C\CC(=O)OCC(COC(=O)CCCCCCCCCCC/C=C\C/C=C\CCCCC)OC(=O)CCCCCCCCC/C=C\CCCCCCCCC. The average Bonchev–Trinajstić information content (AvgIpc) is 3.36. The van der Waals surface area contributed by atoms with Crippen LogP contribution in [0.5, 0.6) is 0 Å². The molecule has 0 aromatic heterocycles. The smallest absolute Gasteiger partial charge is 0.309 e. The summed E-state index contributed by atoms with van der Waals surface area (Å²) in [4.78, 5) is 38.1. The first-order chi connectivity index (χ1) is 34.5. The Morgan fingerprint density at radius 1 is 0.314 bits per heavy atom. The van der Waals surface area contributed by atoms with E-state index in [1.54, 1.807) is 6.08 Å². The molecule has 0 spiro atoms. The maximum atomic E-state index is 12.9. The van der Waals surface area contributed by atoms with Crippen LogP contribution < -0.4 is 0 Å². The van der Waals surface area contributed by atoms with Gasteiger partial charge in [-0.2, -0.15) is 0 Å². The third-order valence-corrected chi connectivity index (χ3v) is 12.3. The Labute approximate surface area is 432 Å². The zero-order valence-corrected chi connectivity index (χ0v) is 45.8. The van der Waals surface area contributed by atoms with Gasteiger partial charge in [0.25, 0.3) is 0 Å². The van der Waals surface area contributed by atoms with Crippen LogP contribution in [0.1, 0.15) is 271 Å². The number of allylic oxidation sites excluding steroid dienone is 15. The Morgan fingerprint density at radius 3 is 1.04 bits per heavy atom. The van der Waals surface area contributed by atoms with Gasteiger partial charge in [0.05, 0.1) is 6.42 Å². The quantitative estimate of drug-likeness (QED) is 0.0262. The van der Waals surface area contributed by atoms with E-state index in [4.69, 9.17) is 14.2 Å². The molecule has 0 rings (SSSR count). The molecular weight excluding hydrogens is 865 g/mol. The van der Waals surface area contributed by atoms with Crippen LogP contribution in [-0.4, -0.2) is 37.2 Å². The fraction of sp³-hybridized carbons (Fsp3) is 0.703. The summed E-state index contributed by atoms with van der Waals surface area (Å²) in [6, 6.07) is 0. The summed E-state index contributed by atoms with van der Waals surface area (Å²) < 4.78 is 16.8. The lowest BCUT2D eigenvalue weighted by Gasteiger charge is -2.18. The number of unbranched alkanes of at least 4 members (excludes halogenated alkanes) is 26. The molecule has 0 bridgehead atoms. The summed E-state index contributed by atoms with van der Waals surface area (Å²) in [5, 5.41) is 0. The molecule has 0 aliphatic carbocycles.